The Labute approximate surface area is 373 Å². The molecule has 0 bridgehead atoms. The molecular formula is C48H50ClFN8O6. The van der Waals surface area contributed by atoms with E-state index in [2.05, 4.69) is 43.0 Å². The molecule has 4 aliphatic rings. The maximum absolute atomic E-state index is 14.3. The van der Waals surface area contributed by atoms with Crippen LogP contribution in [0.1, 0.15) is 123 Å². The zero-order chi connectivity index (χ0) is 44.6. The standard InChI is InChI=1S/C27H26ClFN4O3.C21H24N4O3/c1-14-26(15(2)36-31-14)16-3-8-23-22(11-16)30-27(33(23)17-4-6-19(34)12-17)24-9-10-25(35)32(24)18-5-7-20(28)21(29)13-18;1-11-20(12(2)28-24-11)13-3-7-18-17(9-13)23-21(16-6-8-19(27)22-16)25(18)14-4-5-15(26)10-14/h3,5,7-8,11,13,17,19,24,34H,4,6,9-10,12H2,1-2H3;3,7,9,14-16,26H,4-6,8,10H2,1-2H3,(H,22,27)/t17-,19-,24+;14-,15-,16+/m11/s1. The molecule has 6 atom stereocenters. The van der Waals surface area contributed by atoms with Crippen molar-refractivity contribution in [3.63, 3.8) is 0 Å². The Kier molecular flexibility index (Phi) is 10.9. The highest BCUT2D eigenvalue weighted by Crippen LogP contribution is 2.44. The second-order valence-corrected chi connectivity index (χ2v) is 18.2. The molecule has 16 heteroatoms. The molecule has 11 rings (SSSR count). The molecule has 64 heavy (non-hydrogen) atoms. The number of rotatable bonds is 7. The lowest BCUT2D eigenvalue weighted by molar-refractivity contribution is -0.119. The number of carbonyl (C=O) groups is 2. The fourth-order valence-corrected chi connectivity index (χ4v) is 10.7. The Morgan fingerprint density at radius 3 is 1.75 bits per heavy atom. The second kappa shape index (κ2) is 16.6. The molecule has 2 saturated carbocycles. The summed E-state index contributed by atoms with van der Waals surface area (Å²) < 4.78 is 29.5. The molecule has 332 valence electrons. The molecule has 4 fully saturated rings. The SMILES string of the molecule is Cc1noc(C)c1-c1ccc2c(c1)nc([C@@H]1CCC(=O)N1)n2[C@@H]1CC[C@@H](O)C1.Cc1noc(C)c1-c1ccc2c(c1)nc([C@@H]1CCC(=O)N1c1ccc(Cl)c(F)c1)n2[C@@H]1CC[C@@H](O)C1. The Hall–Kier alpha value is -5.90. The first-order chi connectivity index (χ1) is 30.8. The van der Waals surface area contributed by atoms with Crippen molar-refractivity contribution in [3.8, 4) is 22.3 Å². The van der Waals surface area contributed by atoms with E-state index in [1.165, 1.54) is 12.1 Å². The van der Waals surface area contributed by atoms with E-state index in [4.69, 9.17) is 30.6 Å². The van der Waals surface area contributed by atoms with E-state index in [9.17, 15) is 24.2 Å². The van der Waals surface area contributed by atoms with Gasteiger partial charge in [-0.2, -0.15) is 0 Å². The van der Waals surface area contributed by atoms with E-state index in [1.807, 2.05) is 45.9 Å². The van der Waals surface area contributed by atoms with E-state index in [-0.39, 0.29) is 53.2 Å². The van der Waals surface area contributed by atoms with Gasteiger partial charge in [0, 0.05) is 41.7 Å². The summed E-state index contributed by atoms with van der Waals surface area (Å²) in [5, 5.41) is 31.6. The molecule has 2 saturated heterocycles. The van der Waals surface area contributed by atoms with Crippen LogP contribution in [-0.2, 0) is 9.59 Å². The van der Waals surface area contributed by atoms with Crippen molar-refractivity contribution >= 4 is 51.2 Å². The predicted molar refractivity (Wildman–Crippen MR) is 238 cm³/mol. The van der Waals surface area contributed by atoms with Crippen LogP contribution in [0.2, 0.25) is 5.02 Å². The van der Waals surface area contributed by atoms with Gasteiger partial charge in [0.2, 0.25) is 11.8 Å². The zero-order valence-corrected chi connectivity index (χ0v) is 36.9. The molecule has 2 amide bonds. The molecule has 4 aromatic heterocycles. The maximum atomic E-state index is 14.3. The molecule has 7 aromatic rings. The molecule has 2 aliphatic carbocycles. The number of aromatic nitrogens is 6. The molecule has 3 N–H and O–H groups in total. The predicted octanol–water partition coefficient (Wildman–Crippen LogP) is 9.40. The highest BCUT2D eigenvalue weighted by atomic mass is 35.5. The highest BCUT2D eigenvalue weighted by molar-refractivity contribution is 6.30. The monoisotopic (exact) mass is 888 g/mol. The van der Waals surface area contributed by atoms with Crippen molar-refractivity contribution in [1.82, 2.24) is 34.7 Å². The lowest BCUT2D eigenvalue weighted by Gasteiger charge is -2.27. The minimum absolute atomic E-state index is 0.0148. The highest BCUT2D eigenvalue weighted by Gasteiger charge is 2.39. The third-order valence-corrected chi connectivity index (χ3v) is 13.9. The number of aliphatic hydroxyl groups excluding tert-OH is 2. The summed E-state index contributed by atoms with van der Waals surface area (Å²) in [6.45, 7) is 7.65. The summed E-state index contributed by atoms with van der Waals surface area (Å²) in [6.07, 6.45) is 6.18. The van der Waals surface area contributed by atoms with Gasteiger partial charge in [0.15, 0.2) is 0 Å². The van der Waals surface area contributed by atoms with Crippen LogP contribution in [0.15, 0.2) is 63.6 Å². The lowest BCUT2D eigenvalue weighted by atomic mass is 10.0. The molecule has 0 spiro atoms. The summed E-state index contributed by atoms with van der Waals surface area (Å²) >= 11 is 5.91. The normalized spacial score (nSPS) is 23.5. The van der Waals surface area contributed by atoms with Crippen molar-refractivity contribution in [2.45, 2.75) is 128 Å². The number of imidazole rings is 2. The van der Waals surface area contributed by atoms with Gasteiger partial charge < -0.3 is 38.6 Å². The summed E-state index contributed by atoms with van der Waals surface area (Å²) in [6, 6.07) is 16.6. The summed E-state index contributed by atoms with van der Waals surface area (Å²) in [7, 11) is 0. The number of nitrogens with zero attached hydrogens (tertiary/aromatic N) is 7. The van der Waals surface area contributed by atoms with Crippen LogP contribution in [0.3, 0.4) is 0 Å². The number of halogens is 2. The van der Waals surface area contributed by atoms with Crippen LogP contribution in [0.5, 0.6) is 0 Å². The number of hydrogen-bond acceptors (Lipinski definition) is 10. The van der Waals surface area contributed by atoms with Gasteiger partial charge in [-0.25, -0.2) is 14.4 Å². The van der Waals surface area contributed by atoms with Gasteiger partial charge in [-0.05, 0) is 133 Å². The molecule has 14 nitrogen and oxygen atoms in total. The number of nitrogens with one attached hydrogen (secondary N) is 1. The Bertz CT molecular complexity index is 2910. The number of hydrogen-bond donors (Lipinski definition) is 3. The number of anilines is 1. The van der Waals surface area contributed by atoms with Crippen LogP contribution < -0.4 is 10.2 Å². The van der Waals surface area contributed by atoms with Crippen molar-refractivity contribution in [3.05, 3.63) is 100.0 Å². The van der Waals surface area contributed by atoms with Gasteiger partial charge >= 0.3 is 0 Å². The van der Waals surface area contributed by atoms with E-state index in [1.54, 1.807) is 11.0 Å². The Balaban J connectivity index is 0.000000156. The average Bonchev–Trinajstić information content (AvgIpc) is 4.14. The number of amides is 2. The minimum Gasteiger partial charge on any atom is -0.393 e. The topological polar surface area (TPSA) is 178 Å². The molecule has 0 unspecified atom stereocenters. The van der Waals surface area contributed by atoms with E-state index in [0.29, 0.717) is 31.4 Å². The van der Waals surface area contributed by atoms with Crippen molar-refractivity contribution in [2.75, 3.05) is 4.90 Å². The molecule has 6 heterocycles. The third kappa shape index (κ3) is 7.46. The molecular weight excluding hydrogens is 839 g/mol. The van der Waals surface area contributed by atoms with Crippen LogP contribution in [0.4, 0.5) is 10.1 Å². The number of aliphatic hydroxyl groups is 2. The Morgan fingerprint density at radius 1 is 0.703 bits per heavy atom. The van der Waals surface area contributed by atoms with Gasteiger partial charge in [0.1, 0.15) is 29.0 Å². The average molecular weight is 889 g/mol. The van der Waals surface area contributed by atoms with E-state index in [0.717, 1.165) is 117 Å². The molecule has 0 radical (unpaired) electrons. The lowest BCUT2D eigenvalue weighted by Crippen LogP contribution is -2.30. The number of benzene rings is 3. The van der Waals surface area contributed by atoms with E-state index < -0.39 is 5.82 Å². The molecule has 3 aromatic carbocycles. The number of fused-ring (bicyclic) bond motifs is 2. The first-order valence-electron chi connectivity index (χ1n) is 22.2. The van der Waals surface area contributed by atoms with Crippen molar-refractivity contribution in [2.24, 2.45) is 0 Å². The van der Waals surface area contributed by atoms with Gasteiger partial charge in [0.25, 0.3) is 0 Å². The van der Waals surface area contributed by atoms with Gasteiger partial charge in [-0.15, -0.1) is 0 Å². The van der Waals surface area contributed by atoms with Gasteiger partial charge in [0.05, 0.1) is 62.8 Å². The van der Waals surface area contributed by atoms with Gasteiger partial charge in [-0.1, -0.05) is 34.0 Å². The summed E-state index contributed by atoms with van der Waals surface area (Å²) in [5.74, 6) is 2.61. The second-order valence-electron chi connectivity index (χ2n) is 17.8. The quantitative estimate of drug-likeness (QED) is 0.140. The van der Waals surface area contributed by atoms with Crippen LogP contribution in [-0.4, -0.2) is 63.7 Å². The van der Waals surface area contributed by atoms with Crippen LogP contribution in [0.25, 0.3) is 44.3 Å². The van der Waals surface area contributed by atoms with Crippen LogP contribution >= 0.6 is 11.6 Å². The summed E-state index contributed by atoms with van der Waals surface area (Å²) in [4.78, 5) is 36.5. The fourth-order valence-electron chi connectivity index (χ4n) is 10.6. The zero-order valence-electron chi connectivity index (χ0n) is 36.1. The smallest absolute Gasteiger partial charge is 0.227 e. The number of aryl methyl sites for hydroxylation is 4. The van der Waals surface area contributed by atoms with Crippen molar-refractivity contribution < 1.29 is 33.2 Å². The minimum atomic E-state index is -0.566. The first-order valence-corrected chi connectivity index (χ1v) is 22.5. The Morgan fingerprint density at radius 2 is 1.27 bits per heavy atom. The van der Waals surface area contributed by atoms with Gasteiger partial charge in [-0.3, -0.25) is 9.59 Å². The van der Waals surface area contributed by atoms with Crippen molar-refractivity contribution in [1.29, 1.82) is 0 Å². The van der Waals surface area contributed by atoms with E-state index >= 15 is 0 Å². The summed E-state index contributed by atoms with van der Waals surface area (Å²) in [5.41, 5.74) is 9.75. The molecule has 2 aliphatic heterocycles. The third-order valence-electron chi connectivity index (χ3n) is 13.6. The fraction of sp³-hybridized carbons (Fsp3) is 0.417. The van der Waals surface area contributed by atoms with Crippen LogP contribution in [0, 0.1) is 33.5 Å². The number of carbonyl (C=O) groups excluding carboxylic acids is 2. The maximum Gasteiger partial charge on any atom is 0.227 e. The first kappa shape index (κ1) is 42.1. The largest absolute Gasteiger partial charge is 0.393 e.